The maximum absolute atomic E-state index is 12.1. The average Bonchev–Trinajstić information content (AvgIpc) is 2.96. The van der Waals surface area contributed by atoms with Crippen LogP contribution in [-0.4, -0.2) is 48.7 Å². The van der Waals surface area contributed by atoms with E-state index in [0.717, 1.165) is 38.9 Å². The third-order valence-corrected chi connectivity index (χ3v) is 4.92. The predicted molar refractivity (Wildman–Crippen MR) is 91.2 cm³/mol. The molecule has 1 amide bonds. The smallest absolute Gasteiger partial charge is 0.249 e. The second-order valence-corrected chi connectivity index (χ2v) is 7.15. The summed E-state index contributed by atoms with van der Waals surface area (Å²) in [7, 11) is 0. The van der Waals surface area contributed by atoms with Crippen molar-refractivity contribution in [2.24, 2.45) is 5.92 Å². The minimum absolute atomic E-state index is 0.0604. The molecule has 2 heterocycles. The van der Waals surface area contributed by atoms with Gasteiger partial charge in [-0.25, -0.2) is 0 Å². The topological polar surface area (TPSA) is 41.6 Å². The molecule has 0 aliphatic carbocycles. The molecule has 2 aliphatic heterocycles. The Kier molecular flexibility index (Phi) is 5.34. The number of hydrogen-bond acceptors (Lipinski definition) is 3. The van der Waals surface area contributed by atoms with Gasteiger partial charge in [0.15, 0.2) is 0 Å². The molecule has 0 bridgehead atoms. The molecular weight excluding hydrogens is 288 g/mol. The van der Waals surface area contributed by atoms with Crippen molar-refractivity contribution in [1.29, 1.82) is 0 Å². The lowest BCUT2D eigenvalue weighted by Crippen LogP contribution is -2.43. The Bertz CT molecular complexity index is 517. The molecule has 1 aromatic rings. The van der Waals surface area contributed by atoms with E-state index in [2.05, 4.69) is 40.5 Å². The first-order valence-corrected chi connectivity index (χ1v) is 8.84. The van der Waals surface area contributed by atoms with E-state index in [1.54, 1.807) is 0 Å². The molecular formula is C19H28N2O2. The maximum Gasteiger partial charge on any atom is 0.249 e. The molecule has 2 saturated heterocycles. The first-order valence-electron chi connectivity index (χ1n) is 8.84. The van der Waals surface area contributed by atoms with Gasteiger partial charge >= 0.3 is 0 Å². The molecule has 126 valence electrons. The maximum atomic E-state index is 12.1. The van der Waals surface area contributed by atoms with Crippen molar-refractivity contribution in [1.82, 2.24) is 10.2 Å². The van der Waals surface area contributed by atoms with Crippen molar-refractivity contribution in [3.05, 3.63) is 35.9 Å². The SMILES string of the molecule is CC(C)NC(=O)[C@@H]1C[C@H]2CCN(CCc3ccccc3)C[C@H]2O1. The molecule has 0 saturated carbocycles. The number of nitrogens with zero attached hydrogens (tertiary/aromatic N) is 1. The molecule has 3 atom stereocenters. The van der Waals surface area contributed by atoms with Crippen LogP contribution in [0, 0.1) is 5.92 Å². The van der Waals surface area contributed by atoms with Gasteiger partial charge in [-0.1, -0.05) is 30.3 Å². The van der Waals surface area contributed by atoms with Gasteiger partial charge in [-0.15, -0.1) is 0 Å². The van der Waals surface area contributed by atoms with Crippen LogP contribution in [-0.2, 0) is 16.0 Å². The van der Waals surface area contributed by atoms with Crippen LogP contribution in [0.3, 0.4) is 0 Å². The van der Waals surface area contributed by atoms with Crippen molar-refractivity contribution >= 4 is 5.91 Å². The zero-order valence-corrected chi connectivity index (χ0v) is 14.2. The van der Waals surface area contributed by atoms with Crippen LogP contribution in [0.2, 0.25) is 0 Å². The van der Waals surface area contributed by atoms with Gasteiger partial charge < -0.3 is 15.0 Å². The molecule has 4 heteroatoms. The number of likely N-dealkylation sites (tertiary alicyclic amines) is 1. The number of amides is 1. The normalized spacial score (nSPS) is 27.9. The summed E-state index contributed by atoms with van der Waals surface area (Å²) in [6, 6.07) is 10.8. The Morgan fingerprint density at radius 2 is 2.13 bits per heavy atom. The molecule has 4 nitrogen and oxygen atoms in total. The number of fused-ring (bicyclic) bond motifs is 1. The molecule has 2 aliphatic rings. The van der Waals surface area contributed by atoms with E-state index in [1.807, 2.05) is 13.8 Å². The van der Waals surface area contributed by atoms with E-state index < -0.39 is 0 Å². The van der Waals surface area contributed by atoms with E-state index >= 15 is 0 Å². The summed E-state index contributed by atoms with van der Waals surface area (Å²) in [6.07, 6.45) is 3.08. The summed E-state index contributed by atoms with van der Waals surface area (Å²) in [6.45, 7) is 7.13. The standard InChI is InChI=1S/C19H28N2O2/c1-14(2)20-19(22)17-12-16-9-11-21(13-18(16)23-17)10-8-15-6-4-3-5-7-15/h3-7,14,16-18H,8-13H2,1-2H3,(H,20,22)/t16-,17+,18-/m1/s1. The number of nitrogens with one attached hydrogen (secondary N) is 1. The summed E-state index contributed by atoms with van der Waals surface area (Å²) in [5.41, 5.74) is 1.39. The first-order chi connectivity index (χ1) is 11.1. The van der Waals surface area contributed by atoms with E-state index in [-0.39, 0.29) is 24.2 Å². The molecule has 0 aromatic heterocycles. The highest BCUT2D eigenvalue weighted by Gasteiger charge is 2.41. The highest BCUT2D eigenvalue weighted by Crippen LogP contribution is 2.33. The summed E-state index contributed by atoms with van der Waals surface area (Å²) in [5, 5.41) is 2.97. The van der Waals surface area contributed by atoms with Gasteiger partial charge in [0.25, 0.3) is 0 Å². The quantitative estimate of drug-likeness (QED) is 0.906. The van der Waals surface area contributed by atoms with Gasteiger partial charge in [0, 0.05) is 19.1 Å². The summed E-state index contributed by atoms with van der Waals surface area (Å²) >= 11 is 0. The Morgan fingerprint density at radius 1 is 1.35 bits per heavy atom. The lowest BCUT2D eigenvalue weighted by Gasteiger charge is -2.34. The van der Waals surface area contributed by atoms with Crippen LogP contribution in [0.4, 0.5) is 0 Å². The fourth-order valence-corrected chi connectivity index (χ4v) is 3.68. The largest absolute Gasteiger partial charge is 0.364 e. The summed E-state index contributed by atoms with van der Waals surface area (Å²) < 4.78 is 6.06. The van der Waals surface area contributed by atoms with Gasteiger partial charge in [-0.3, -0.25) is 4.79 Å². The molecule has 2 fully saturated rings. The number of hydrogen-bond donors (Lipinski definition) is 1. The Hall–Kier alpha value is -1.39. The number of piperidine rings is 1. The summed E-state index contributed by atoms with van der Waals surface area (Å²) in [5.74, 6) is 0.608. The second-order valence-electron chi connectivity index (χ2n) is 7.15. The summed E-state index contributed by atoms with van der Waals surface area (Å²) in [4.78, 5) is 14.6. The fourth-order valence-electron chi connectivity index (χ4n) is 3.68. The van der Waals surface area contributed by atoms with Crippen LogP contribution in [0.15, 0.2) is 30.3 Å². The van der Waals surface area contributed by atoms with Crippen LogP contribution >= 0.6 is 0 Å². The molecule has 0 spiro atoms. The predicted octanol–water partition coefficient (Wildman–Crippen LogP) is 2.23. The third-order valence-electron chi connectivity index (χ3n) is 4.92. The van der Waals surface area contributed by atoms with Gasteiger partial charge in [0.05, 0.1) is 6.10 Å². The third kappa shape index (κ3) is 4.33. The molecule has 0 unspecified atom stereocenters. The number of ether oxygens (including phenoxy) is 1. The average molecular weight is 316 g/mol. The Morgan fingerprint density at radius 3 is 2.87 bits per heavy atom. The van der Waals surface area contributed by atoms with Gasteiger partial charge in [0.1, 0.15) is 6.10 Å². The minimum Gasteiger partial charge on any atom is -0.364 e. The van der Waals surface area contributed by atoms with Crippen LogP contribution in [0.5, 0.6) is 0 Å². The number of carbonyl (C=O) groups excluding carboxylic acids is 1. The number of benzene rings is 1. The zero-order valence-electron chi connectivity index (χ0n) is 14.2. The minimum atomic E-state index is -0.249. The fraction of sp³-hybridized carbons (Fsp3) is 0.632. The lowest BCUT2D eigenvalue weighted by molar-refractivity contribution is -0.133. The highest BCUT2D eigenvalue weighted by atomic mass is 16.5. The van der Waals surface area contributed by atoms with Gasteiger partial charge in [-0.05, 0) is 51.1 Å². The first kappa shape index (κ1) is 16.5. The monoisotopic (exact) mass is 316 g/mol. The van der Waals surface area contributed by atoms with Crippen LogP contribution < -0.4 is 5.32 Å². The van der Waals surface area contributed by atoms with Crippen molar-refractivity contribution in [3.63, 3.8) is 0 Å². The Labute approximate surface area is 139 Å². The molecule has 3 rings (SSSR count). The Balaban J connectivity index is 1.48. The zero-order chi connectivity index (χ0) is 16.2. The lowest BCUT2D eigenvalue weighted by atomic mass is 9.91. The van der Waals surface area contributed by atoms with Crippen molar-refractivity contribution in [2.45, 2.75) is 51.4 Å². The number of rotatable bonds is 5. The number of carbonyl (C=O) groups is 1. The van der Waals surface area contributed by atoms with E-state index in [9.17, 15) is 4.79 Å². The second kappa shape index (κ2) is 7.45. The molecule has 1 N–H and O–H groups in total. The molecule has 1 aromatic carbocycles. The van der Waals surface area contributed by atoms with Crippen LogP contribution in [0.25, 0.3) is 0 Å². The highest BCUT2D eigenvalue weighted by molar-refractivity contribution is 5.81. The molecule has 23 heavy (non-hydrogen) atoms. The van der Waals surface area contributed by atoms with Crippen molar-refractivity contribution in [3.8, 4) is 0 Å². The van der Waals surface area contributed by atoms with Gasteiger partial charge in [0.2, 0.25) is 5.91 Å². The van der Waals surface area contributed by atoms with Crippen molar-refractivity contribution < 1.29 is 9.53 Å². The van der Waals surface area contributed by atoms with E-state index in [0.29, 0.717) is 5.92 Å². The van der Waals surface area contributed by atoms with Crippen molar-refractivity contribution in [2.75, 3.05) is 19.6 Å². The van der Waals surface area contributed by atoms with E-state index in [1.165, 1.54) is 5.56 Å². The molecule has 0 radical (unpaired) electrons. The van der Waals surface area contributed by atoms with Gasteiger partial charge in [-0.2, -0.15) is 0 Å². The van der Waals surface area contributed by atoms with E-state index in [4.69, 9.17) is 4.74 Å². The van der Waals surface area contributed by atoms with Crippen LogP contribution in [0.1, 0.15) is 32.3 Å².